The molecule has 3 nitrogen and oxygen atoms in total. The Hall–Kier alpha value is -1.35. The van der Waals surface area contributed by atoms with Gasteiger partial charge in [0.25, 0.3) is 0 Å². The minimum absolute atomic E-state index is 0.272. The maximum atomic E-state index is 12.7. The molecule has 1 saturated heterocycles. The first-order chi connectivity index (χ1) is 9.61. The zero-order chi connectivity index (χ0) is 14.5. The zero-order valence-corrected chi connectivity index (χ0v) is 12.9. The Labute approximate surface area is 122 Å². The van der Waals surface area contributed by atoms with Crippen LogP contribution in [0.4, 0.5) is 0 Å². The van der Waals surface area contributed by atoms with Crippen LogP contribution < -0.4 is 5.32 Å². The fourth-order valence-corrected chi connectivity index (χ4v) is 2.91. The van der Waals surface area contributed by atoms with Crippen LogP contribution in [-0.4, -0.2) is 36.5 Å². The maximum absolute atomic E-state index is 12.7. The van der Waals surface area contributed by atoms with Gasteiger partial charge in [0, 0.05) is 19.1 Å². The van der Waals surface area contributed by atoms with Gasteiger partial charge in [-0.15, -0.1) is 0 Å². The van der Waals surface area contributed by atoms with Crippen molar-refractivity contribution in [2.24, 2.45) is 0 Å². The van der Waals surface area contributed by atoms with E-state index in [1.807, 2.05) is 0 Å². The second-order valence-electron chi connectivity index (χ2n) is 5.84. The Morgan fingerprint density at radius 2 is 2.20 bits per heavy atom. The summed E-state index contributed by atoms with van der Waals surface area (Å²) < 4.78 is 0. The summed E-state index contributed by atoms with van der Waals surface area (Å²) in [5, 5.41) is 3.36. The van der Waals surface area contributed by atoms with Crippen molar-refractivity contribution in [2.75, 3.05) is 19.6 Å². The van der Waals surface area contributed by atoms with Crippen LogP contribution in [0.3, 0.4) is 0 Å². The van der Waals surface area contributed by atoms with Crippen LogP contribution in [-0.2, 0) is 11.2 Å². The molecule has 1 amide bonds. The van der Waals surface area contributed by atoms with E-state index < -0.39 is 0 Å². The molecule has 20 heavy (non-hydrogen) atoms. The van der Waals surface area contributed by atoms with E-state index >= 15 is 0 Å². The first-order valence-corrected chi connectivity index (χ1v) is 7.68. The highest BCUT2D eigenvalue weighted by Crippen LogP contribution is 2.16. The molecule has 1 unspecified atom stereocenters. The Bertz CT molecular complexity index is 464. The quantitative estimate of drug-likeness (QED) is 0.894. The predicted molar refractivity (Wildman–Crippen MR) is 82.9 cm³/mol. The molecule has 110 valence electrons. The van der Waals surface area contributed by atoms with Crippen molar-refractivity contribution in [2.45, 2.75) is 46.1 Å². The number of nitrogens with one attached hydrogen (secondary N) is 1. The molecule has 0 saturated carbocycles. The van der Waals surface area contributed by atoms with Crippen LogP contribution >= 0.6 is 0 Å². The Kier molecular flexibility index (Phi) is 5.18. The summed E-state index contributed by atoms with van der Waals surface area (Å²) in [4.78, 5) is 14.7. The van der Waals surface area contributed by atoms with Crippen molar-refractivity contribution in [1.82, 2.24) is 10.2 Å². The normalized spacial score (nSPS) is 18.2. The van der Waals surface area contributed by atoms with Gasteiger partial charge in [-0.25, -0.2) is 0 Å². The number of hydrogen-bond acceptors (Lipinski definition) is 2. The van der Waals surface area contributed by atoms with Crippen molar-refractivity contribution in [3.63, 3.8) is 0 Å². The molecule has 1 aromatic rings. The maximum Gasteiger partial charge on any atom is 0.227 e. The number of carbonyl (C=O) groups is 1. The minimum Gasteiger partial charge on any atom is -0.338 e. The Morgan fingerprint density at radius 3 is 2.85 bits per heavy atom. The van der Waals surface area contributed by atoms with E-state index in [0.717, 1.165) is 32.5 Å². The third-order valence-electron chi connectivity index (χ3n) is 4.11. The van der Waals surface area contributed by atoms with Gasteiger partial charge in [-0.05, 0) is 44.4 Å². The molecule has 1 atom stereocenters. The lowest BCUT2D eigenvalue weighted by Gasteiger charge is -2.28. The molecule has 1 N–H and O–H groups in total. The summed E-state index contributed by atoms with van der Waals surface area (Å²) in [6, 6.07) is 6.74. The van der Waals surface area contributed by atoms with E-state index in [1.165, 1.54) is 16.7 Å². The molecular weight excluding hydrogens is 248 g/mol. The van der Waals surface area contributed by atoms with E-state index in [0.29, 0.717) is 12.5 Å². The minimum atomic E-state index is 0.272. The van der Waals surface area contributed by atoms with E-state index in [9.17, 15) is 4.79 Å². The molecule has 1 aliphatic rings. The SMILES string of the molecule is CCCN(C(=O)Cc1cc(C)ccc1C)C1CCNC1. The molecule has 1 aromatic carbocycles. The molecule has 0 bridgehead atoms. The highest BCUT2D eigenvalue weighted by atomic mass is 16.2. The third-order valence-corrected chi connectivity index (χ3v) is 4.11. The summed E-state index contributed by atoms with van der Waals surface area (Å²) in [7, 11) is 0. The van der Waals surface area contributed by atoms with Crippen molar-refractivity contribution >= 4 is 5.91 Å². The van der Waals surface area contributed by atoms with E-state index in [-0.39, 0.29) is 5.91 Å². The molecule has 0 aliphatic carbocycles. The molecule has 1 aliphatic heterocycles. The van der Waals surface area contributed by atoms with Crippen LogP contribution in [0.5, 0.6) is 0 Å². The number of rotatable bonds is 5. The summed E-state index contributed by atoms with van der Waals surface area (Å²) in [6.45, 7) is 9.15. The third kappa shape index (κ3) is 3.60. The van der Waals surface area contributed by atoms with Crippen molar-refractivity contribution in [3.05, 3.63) is 34.9 Å². The second kappa shape index (κ2) is 6.89. The summed E-state index contributed by atoms with van der Waals surface area (Å²) >= 11 is 0. The number of amides is 1. The van der Waals surface area contributed by atoms with Gasteiger partial charge in [-0.3, -0.25) is 4.79 Å². The van der Waals surface area contributed by atoms with Gasteiger partial charge in [0.2, 0.25) is 5.91 Å². The Balaban J connectivity index is 2.09. The van der Waals surface area contributed by atoms with Crippen molar-refractivity contribution < 1.29 is 4.79 Å². The average molecular weight is 274 g/mol. The zero-order valence-electron chi connectivity index (χ0n) is 12.9. The molecule has 2 rings (SSSR count). The standard InChI is InChI=1S/C17H26N2O/c1-4-9-19(16-7-8-18-12-16)17(20)11-15-10-13(2)5-6-14(15)3/h5-6,10,16,18H,4,7-9,11-12H2,1-3H3. The van der Waals surface area contributed by atoms with Crippen LogP contribution in [0.15, 0.2) is 18.2 Å². The first kappa shape index (κ1) is 15.0. The molecule has 0 spiro atoms. The summed E-state index contributed by atoms with van der Waals surface area (Å²) in [5.41, 5.74) is 3.61. The van der Waals surface area contributed by atoms with Crippen molar-refractivity contribution in [3.8, 4) is 0 Å². The van der Waals surface area contributed by atoms with Gasteiger partial charge in [-0.2, -0.15) is 0 Å². The lowest BCUT2D eigenvalue weighted by Crippen LogP contribution is -2.42. The van der Waals surface area contributed by atoms with Gasteiger partial charge in [0.15, 0.2) is 0 Å². The molecule has 1 fully saturated rings. The number of aryl methyl sites for hydroxylation is 2. The van der Waals surface area contributed by atoms with Gasteiger partial charge in [0.1, 0.15) is 0 Å². The van der Waals surface area contributed by atoms with E-state index in [1.54, 1.807) is 0 Å². The highest BCUT2D eigenvalue weighted by molar-refractivity contribution is 5.79. The van der Waals surface area contributed by atoms with E-state index in [4.69, 9.17) is 0 Å². The molecular formula is C17H26N2O. The molecule has 0 radical (unpaired) electrons. The Morgan fingerprint density at radius 1 is 1.40 bits per heavy atom. The molecule has 1 heterocycles. The summed E-state index contributed by atoms with van der Waals surface area (Å²) in [5.74, 6) is 0.272. The van der Waals surface area contributed by atoms with Crippen molar-refractivity contribution in [1.29, 1.82) is 0 Å². The average Bonchev–Trinajstić information content (AvgIpc) is 2.93. The van der Waals surface area contributed by atoms with Gasteiger partial charge in [0.05, 0.1) is 6.42 Å². The fraction of sp³-hybridized carbons (Fsp3) is 0.588. The summed E-state index contributed by atoms with van der Waals surface area (Å²) in [6.07, 6.45) is 2.64. The second-order valence-corrected chi connectivity index (χ2v) is 5.84. The number of carbonyl (C=O) groups excluding carboxylic acids is 1. The smallest absolute Gasteiger partial charge is 0.227 e. The first-order valence-electron chi connectivity index (χ1n) is 7.68. The predicted octanol–water partition coefficient (Wildman–Crippen LogP) is 2.45. The van der Waals surface area contributed by atoms with Gasteiger partial charge >= 0.3 is 0 Å². The number of hydrogen-bond donors (Lipinski definition) is 1. The van der Waals surface area contributed by atoms with Crippen LogP contribution in [0.25, 0.3) is 0 Å². The van der Waals surface area contributed by atoms with Gasteiger partial charge < -0.3 is 10.2 Å². The molecule has 0 aromatic heterocycles. The lowest BCUT2D eigenvalue weighted by molar-refractivity contribution is -0.132. The monoisotopic (exact) mass is 274 g/mol. The topological polar surface area (TPSA) is 32.3 Å². The number of benzene rings is 1. The van der Waals surface area contributed by atoms with Crippen LogP contribution in [0, 0.1) is 13.8 Å². The largest absolute Gasteiger partial charge is 0.338 e. The van der Waals surface area contributed by atoms with Crippen LogP contribution in [0.1, 0.15) is 36.5 Å². The fourth-order valence-electron chi connectivity index (χ4n) is 2.91. The van der Waals surface area contributed by atoms with Crippen LogP contribution in [0.2, 0.25) is 0 Å². The highest BCUT2D eigenvalue weighted by Gasteiger charge is 2.25. The van der Waals surface area contributed by atoms with E-state index in [2.05, 4.69) is 49.2 Å². The number of nitrogens with zero attached hydrogens (tertiary/aromatic N) is 1. The molecule has 3 heteroatoms. The van der Waals surface area contributed by atoms with Gasteiger partial charge in [-0.1, -0.05) is 30.7 Å². The lowest BCUT2D eigenvalue weighted by atomic mass is 10.0.